The molecule has 0 bridgehead atoms. The highest BCUT2D eigenvalue weighted by Crippen LogP contribution is 2.19. The standard InChI is InChI=1S/C19H20F2N2O3/c1-2-26-17-6-4-3-5-13(17)7-10-18(24)22-12-19(25)23-14-8-9-15(20)16(21)11-14/h3-6,8-9,11H,2,7,10,12H2,1H3,(H,22,24)(H,23,25). The van der Waals surface area contributed by atoms with Crippen LogP contribution in [0.2, 0.25) is 0 Å². The molecule has 2 aromatic rings. The van der Waals surface area contributed by atoms with Gasteiger partial charge in [-0.05, 0) is 37.1 Å². The fourth-order valence-electron chi connectivity index (χ4n) is 2.30. The molecule has 5 nitrogen and oxygen atoms in total. The molecule has 0 spiro atoms. The van der Waals surface area contributed by atoms with E-state index < -0.39 is 17.5 Å². The van der Waals surface area contributed by atoms with Crippen molar-refractivity contribution in [1.29, 1.82) is 0 Å². The van der Waals surface area contributed by atoms with Gasteiger partial charge in [0.1, 0.15) is 5.75 Å². The second kappa shape index (κ2) is 9.50. The highest BCUT2D eigenvalue weighted by molar-refractivity contribution is 5.94. The molecule has 0 aliphatic rings. The lowest BCUT2D eigenvalue weighted by atomic mass is 10.1. The van der Waals surface area contributed by atoms with Crippen LogP contribution >= 0.6 is 0 Å². The van der Waals surface area contributed by atoms with Crippen LogP contribution in [0.15, 0.2) is 42.5 Å². The van der Waals surface area contributed by atoms with Gasteiger partial charge >= 0.3 is 0 Å². The Bertz CT molecular complexity index is 781. The predicted molar refractivity (Wildman–Crippen MR) is 93.9 cm³/mol. The van der Waals surface area contributed by atoms with Crippen LogP contribution in [-0.4, -0.2) is 25.0 Å². The number of hydrogen-bond acceptors (Lipinski definition) is 3. The number of ether oxygens (including phenoxy) is 1. The summed E-state index contributed by atoms with van der Waals surface area (Å²) in [5.74, 6) is -2.14. The predicted octanol–water partition coefficient (Wildman–Crippen LogP) is 3.05. The number of rotatable bonds is 8. The van der Waals surface area contributed by atoms with Crippen molar-refractivity contribution in [2.45, 2.75) is 19.8 Å². The minimum absolute atomic E-state index is 0.119. The van der Waals surface area contributed by atoms with E-state index in [1.807, 2.05) is 31.2 Å². The summed E-state index contributed by atoms with van der Waals surface area (Å²) < 4.78 is 31.4. The van der Waals surface area contributed by atoms with E-state index in [4.69, 9.17) is 4.74 Å². The number of hydrogen-bond donors (Lipinski definition) is 2. The summed E-state index contributed by atoms with van der Waals surface area (Å²) in [5.41, 5.74) is 1.03. The van der Waals surface area contributed by atoms with Crippen molar-refractivity contribution in [3.05, 3.63) is 59.7 Å². The van der Waals surface area contributed by atoms with Crippen molar-refractivity contribution in [2.75, 3.05) is 18.5 Å². The molecule has 26 heavy (non-hydrogen) atoms. The number of para-hydroxylation sites is 1. The molecule has 0 heterocycles. The summed E-state index contributed by atoms with van der Waals surface area (Å²) in [6.07, 6.45) is 0.676. The van der Waals surface area contributed by atoms with E-state index in [9.17, 15) is 18.4 Å². The van der Waals surface area contributed by atoms with Gasteiger partial charge in [0.25, 0.3) is 0 Å². The van der Waals surface area contributed by atoms with Crippen LogP contribution < -0.4 is 15.4 Å². The van der Waals surface area contributed by atoms with Gasteiger partial charge in [-0.25, -0.2) is 8.78 Å². The normalized spacial score (nSPS) is 10.3. The van der Waals surface area contributed by atoms with E-state index in [1.54, 1.807) is 0 Å². The maximum Gasteiger partial charge on any atom is 0.243 e. The van der Waals surface area contributed by atoms with Crippen molar-refractivity contribution >= 4 is 17.5 Å². The van der Waals surface area contributed by atoms with E-state index >= 15 is 0 Å². The van der Waals surface area contributed by atoms with Crippen LogP contribution in [0.4, 0.5) is 14.5 Å². The summed E-state index contributed by atoms with van der Waals surface area (Å²) in [7, 11) is 0. The highest BCUT2D eigenvalue weighted by Gasteiger charge is 2.10. The first-order valence-corrected chi connectivity index (χ1v) is 8.22. The number of anilines is 1. The zero-order valence-corrected chi connectivity index (χ0v) is 14.4. The molecule has 0 radical (unpaired) electrons. The molecule has 2 N–H and O–H groups in total. The molecule has 2 amide bonds. The molecule has 2 aromatic carbocycles. The second-order valence-electron chi connectivity index (χ2n) is 5.49. The maximum absolute atomic E-state index is 13.1. The largest absolute Gasteiger partial charge is 0.494 e. The van der Waals surface area contributed by atoms with E-state index in [-0.39, 0.29) is 24.6 Å². The van der Waals surface area contributed by atoms with Crippen molar-refractivity contribution in [3.63, 3.8) is 0 Å². The average molecular weight is 362 g/mol. The summed E-state index contributed by atoms with van der Waals surface area (Å²) in [6, 6.07) is 10.5. The van der Waals surface area contributed by atoms with Crippen LogP contribution in [0.5, 0.6) is 5.75 Å². The van der Waals surface area contributed by atoms with E-state index in [0.29, 0.717) is 13.0 Å². The molecule has 0 aliphatic carbocycles. The Labute approximate surface area is 150 Å². The number of carbonyl (C=O) groups is 2. The third-order valence-electron chi connectivity index (χ3n) is 3.54. The Balaban J connectivity index is 1.78. The van der Waals surface area contributed by atoms with Gasteiger partial charge in [0, 0.05) is 18.2 Å². The number of nitrogens with one attached hydrogen (secondary N) is 2. The summed E-state index contributed by atoms with van der Waals surface area (Å²) in [5, 5.41) is 4.88. The first kappa shape index (κ1) is 19.4. The van der Waals surface area contributed by atoms with Gasteiger partial charge in [0.15, 0.2) is 11.6 Å². The molecule has 0 atom stereocenters. The van der Waals surface area contributed by atoms with E-state index in [0.717, 1.165) is 23.4 Å². The molecule has 0 saturated heterocycles. The number of amides is 2. The molecular weight excluding hydrogens is 342 g/mol. The van der Waals surface area contributed by atoms with Crippen molar-refractivity contribution in [3.8, 4) is 5.75 Å². The van der Waals surface area contributed by atoms with Gasteiger partial charge in [0.05, 0.1) is 13.2 Å². The Morgan fingerprint density at radius 2 is 1.81 bits per heavy atom. The smallest absolute Gasteiger partial charge is 0.243 e. The van der Waals surface area contributed by atoms with Gasteiger partial charge in [-0.15, -0.1) is 0 Å². The highest BCUT2D eigenvalue weighted by atomic mass is 19.2. The van der Waals surface area contributed by atoms with Crippen LogP contribution in [0.1, 0.15) is 18.9 Å². The van der Waals surface area contributed by atoms with Crippen LogP contribution in [0, 0.1) is 11.6 Å². The number of halogens is 2. The zero-order chi connectivity index (χ0) is 18.9. The molecule has 0 aliphatic heterocycles. The van der Waals surface area contributed by atoms with Crippen LogP contribution in [0.25, 0.3) is 0 Å². The Hall–Kier alpha value is -2.96. The summed E-state index contributed by atoms with van der Waals surface area (Å²) >= 11 is 0. The van der Waals surface area contributed by atoms with Gasteiger partial charge in [-0.2, -0.15) is 0 Å². The van der Waals surface area contributed by atoms with Crippen LogP contribution in [-0.2, 0) is 16.0 Å². The topological polar surface area (TPSA) is 67.4 Å². The molecular formula is C19H20F2N2O3. The lowest BCUT2D eigenvalue weighted by molar-refractivity contribution is -0.124. The third-order valence-corrected chi connectivity index (χ3v) is 3.54. The molecule has 0 saturated carbocycles. The lowest BCUT2D eigenvalue weighted by Crippen LogP contribution is -2.33. The fourth-order valence-corrected chi connectivity index (χ4v) is 2.30. The molecule has 0 unspecified atom stereocenters. The van der Waals surface area contributed by atoms with Gasteiger partial charge in [0.2, 0.25) is 11.8 Å². The summed E-state index contributed by atoms with van der Waals surface area (Å²) in [4.78, 5) is 23.7. The zero-order valence-electron chi connectivity index (χ0n) is 14.4. The number of carbonyl (C=O) groups excluding carboxylic acids is 2. The van der Waals surface area contributed by atoms with Crippen molar-refractivity contribution < 1.29 is 23.1 Å². The molecule has 0 fully saturated rings. The van der Waals surface area contributed by atoms with E-state index in [1.165, 1.54) is 6.07 Å². The van der Waals surface area contributed by atoms with Gasteiger partial charge < -0.3 is 15.4 Å². The third kappa shape index (κ3) is 5.84. The van der Waals surface area contributed by atoms with Crippen molar-refractivity contribution in [2.24, 2.45) is 0 Å². The Morgan fingerprint density at radius 1 is 1.04 bits per heavy atom. The number of benzene rings is 2. The Morgan fingerprint density at radius 3 is 2.54 bits per heavy atom. The Kier molecular flexibility index (Phi) is 7.08. The van der Waals surface area contributed by atoms with Crippen molar-refractivity contribution in [1.82, 2.24) is 5.32 Å². The molecule has 7 heteroatoms. The first-order valence-electron chi connectivity index (χ1n) is 8.22. The van der Waals surface area contributed by atoms with Gasteiger partial charge in [-0.1, -0.05) is 18.2 Å². The second-order valence-corrected chi connectivity index (χ2v) is 5.49. The average Bonchev–Trinajstić information content (AvgIpc) is 2.62. The number of aryl methyl sites for hydroxylation is 1. The first-order chi connectivity index (χ1) is 12.5. The van der Waals surface area contributed by atoms with E-state index in [2.05, 4.69) is 10.6 Å². The maximum atomic E-state index is 13.1. The lowest BCUT2D eigenvalue weighted by Gasteiger charge is -2.10. The molecule has 138 valence electrons. The molecule has 2 rings (SSSR count). The van der Waals surface area contributed by atoms with Gasteiger partial charge in [-0.3, -0.25) is 9.59 Å². The summed E-state index contributed by atoms with van der Waals surface area (Å²) in [6.45, 7) is 2.16. The monoisotopic (exact) mass is 362 g/mol. The fraction of sp³-hybridized carbons (Fsp3) is 0.263. The molecule has 0 aromatic heterocycles. The minimum Gasteiger partial charge on any atom is -0.494 e. The minimum atomic E-state index is -1.06. The quantitative estimate of drug-likeness (QED) is 0.758. The van der Waals surface area contributed by atoms with Crippen LogP contribution in [0.3, 0.4) is 0 Å². The SMILES string of the molecule is CCOc1ccccc1CCC(=O)NCC(=O)Nc1ccc(F)c(F)c1.